The highest BCUT2D eigenvalue weighted by atomic mass is 35.5. The SMILES string of the molecule is Cc1cc(C(CCN(C)C=O)c2ccc(Cl)cc2)c(C)s1. The maximum Gasteiger partial charge on any atom is 0.209 e. The summed E-state index contributed by atoms with van der Waals surface area (Å²) in [5.74, 6) is 0.301. The molecular weight excluding hydrogens is 302 g/mol. The van der Waals surface area contributed by atoms with Crippen LogP contribution in [0.15, 0.2) is 30.3 Å². The molecule has 0 aliphatic heterocycles. The van der Waals surface area contributed by atoms with Crippen LogP contribution in [0, 0.1) is 13.8 Å². The molecule has 1 heterocycles. The van der Waals surface area contributed by atoms with Crippen molar-refractivity contribution in [1.29, 1.82) is 0 Å². The van der Waals surface area contributed by atoms with Crippen molar-refractivity contribution in [2.75, 3.05) is 13.6 Å². The molecule has 21 heavy (non-hydrogen) atoms. The van der Waals surface area contributed by atoms with Gasteiger partial charge in [0, 0.05) is 34.3 Å². The van der Waals surface area contributed by atoms with Gasteiger partial charge in [-0.3, -0.25) is 4.79 Å². The van der Waals surface area contributed by atoms with Crippen LogP contribution in [0.4, 0.5) is 0 Å². The van der Waals surface area contributed by atoms with Gasteiger partial charge in [0.25, 0.3) is 0 Å². The van der Waals surface area contributed by atoms with E-state index < -0.39 is 0 Å². The van der Waals surface area contributed by atoms with E-state index in [4.69, 9.17) is 11.6 Å². The number of hydrogen-bond acceptors (Lipinski definition) is 2. The number of hydrogen-bond donors (Lipinski definition) is 0. The van der Waals surface area contributed by atoms with E-state index in [9.17, 15) is 4.79 Å². The van der Waals surface area contributed by atoms with Gasteiger partial charge in [0.2, 0.25) is 6.41 Å². The van der Waals surface area contributed by atoms with E-state index in [1.165, 1.54) is 20.9 Å². The maximum atomic E-state index is 10.8. The molecule has 0 aliphatic rings. The van der Waals surface area contributed by atoms with Crippen molar-refractivity contribution < 1.29 is 4.79 Å². The molecule has 0 spiro atoms. The largest absolute Gasteiger partial charge is 0.348 e. The summed E-state index contributed by atoms with van der Waals surface area (Å²) in [5.41, 5.74) is 2.61. The second-order valence-corrected chi connectivity index (χ2v) is 7.24. The van der Waals surface area contributed by atoms with Gasteiger partial charge in [-0.15, -0.1) is 11.3 Å². The minimum atomic E-state index is 0.301. The fourth-order valence-corrected chi connectivity index (χ4v) is 3.69. The predicted octanol–water partition coefficient (Wildman–Crippen LogP) is 4.63. The van der Waals surface area contributed by atoms with Gasteiger partial charge in [0.15, 0.2) is 0 Å². The number of benzene rings is 1. The van der Waals surface area contributed by atoms with E-state index in [2.05, 4.69) is 32.0 Å². The number of rotatable bonds is 6. The summed E-state index contributed by atoms with van der Waals surface area (Å²) >= 11 is 7.82. The number of carbonyl (C=O) groups excluding carboxylic acids is 1. The number of aryl methyl sites for hydroxylation is 2. The Kier molecular flexibility index (Phi) is 5.43. The summed E-state index contributed by atoms with van der Waals surface area (Å²) in [4.78, 5) is 15.2. The molecule has 0 radical (unpaired) electrons. The molecule has 2 aromatic rings. The highest BCUT2D eigenvalue weighted by molar-refractivity contribution is 7.12. The first-order chi connectivity index (χ1) is 10.0. The normalized spacial score (nSPS) is 12.2. The zero-order chi connectivity index (χ0) is 15.4. The lowest BCUT2D eigenvalue weighted by atomic mass is 9.88. The average Bonchev–Trinajstić information content (AvgIpc) is 2.79. The predicted molar refractivity (Wildman–Crippen MR) is 90.4 cm³/mol. The molecule has 2 nitrogen and oxygen atoms in total. The Labute approximate surface area is 135 Å². The summed E-state index contributed by atoms with van der Waals surface area (Å²) in [7, 11) is 1.82. The van der Waals surface area contributed by atoms with Crippen LogP contribution in [0.25, 0.3) is 0 Å². The first-order valence-corrected chi connectivity index (χ1v) is 8.18. The molecule has 1 amide bonds. The summed E-state index contributed by atoms with van der Waals surface area (Å²) in [5, 5.41) is 0.751. The molecule has 0 bridgehead atoms. The van der Waals surface area contributed by atoms with Gasteiger partial charge in [-0.1, -0.05) is 23.7 Å². The van der Waals surface area contributed by atoms with Crippen molar-refractivity contribution in [3.8, 4) is 0 Å². The maximum absolute atomic E-state index is 10.8. The van der Waals surface area contributed by atoms with Crippen LogP contribution in [-0.4, -0.2) is 24.9 Å². The summed E-state index contributed by atoms with van der Waals surface area (Å²) in [6, 6.07) is 10.3. The zero-order valence-corrected chi connectivity index (χ0v) is 14.2. The van der Waals surface area contributed by atoms with Gasteiger partial charge in [-0.05, 0) is 49.6 Å². The van der Waals surface area contributed by atoms with Crippen LogP contribution in [0.3, 0.4) is 0 Å². The first kappa shape index (κ1) is 16.1. The Hall–Kier alpha value is -1.32. The molecule has 1 aromatic heterocycles. The highest BCUT2D eigenvalue weighted by Gasteiger charge is 2.18. The quantitative estimate of drug-likeness (QED) is 0.710. The van der Waals surface area contributed by atoms with E-state index in [1.807, 2.05) is 30.5 Å². The van der Waals surface area contributed by atoms with Gasteiger partial charge >= 0.3 is 0 Å². The fourth-order valence-electron chi connectivity index (χ4n) is 2.58. The smallest absolute Gasteiger partial charge is 0.209 e. The van der Waals surface area contributed by atoms with Gasteiger partial charge < -0.3 is 4.90 Å². The lowest BCUT2D eigenvalue weighted by Gasteiger charge is -2.20. The number of thiophene rings is 1. The van der Waals surface area contributed by atoms with Crippen LogP contribution < -0.4 is 0 Å². The minimum Gasteiger partial charge on any atom is -0.348 e. The molecule has 112 valence electrons. The number of carbonyl (C=O) groups is 1. The van der Waals surface area contributed by atoms with E-state index in [0.717, 1.165) is 24.4 Å². The van der Waals surface area contributed by atoms with Crippen LogP contribution in [0.5, 0.6) is 0 Å². The highest BCUT2D eigenvalue weighted by Crippen LogP contribution is 2.35. The lowest BCUT2D eigenvalue weighted by Crippen LogP contribution is -2.19. The zero-order valence-electron chi connectivity index (χ0n) is 12.6. The average molecular weight is 322 g/mol. The molecule has 1 unspecified atom stereocenters. The van der Waals surface area contributed by atoms with E-state index in [-0.39, 0.29) is 0 Å². The Balaban J connectivity index is 2.31. The van der Waals surface area contributed by atoms with Crippen molar-refractivity contribution in [3.63, 3.8) is 0 Å². The third-order valence-corrected chi connectivity index (χ3v) is 4.91. The molecule has 0 aliphatic carbocycles. The third kappa shape index (κ3) is 4.08. The second-order valence-electron chi connectivity index (χ2n) is 5.35. The monoisotopic (exact) mass is 321 g/mol. The fraction of sp³-hybridized carbons (Fsp3) is 0.353. The first-order valence-electron chi connectivity index (χ1n) is 6.99. The summed E-state index contributed by atoms with van der Waals surface area (Å²) in [6.07, 6.45) is 1.79. The molecule has 0 saturated carbocycles. The van der Waals surface area contributed by atoms with Crippen LogP contribution in [0.2, 0.25) is 5.02 Å². The second kappa shape index (κ2) is 7.10. The molecule has 0 saturated heterocycles. The van der Waals surface area contributed by atoms with E-state index in [1.54, 1.807) is 4.90 Å². The third-order valence-electron chi connectivity index (χ3n) is 3.68. The van der Waals surface area contributed by atoms with Crippen molar-refractivity contribution in [3.05, 3.63) is 56.2 Å². The summed E-state index contributed by atoms with van der Waals surface area (Å²) in [6.45, 7) is 5.04. The van der Waals surface area contributed by atoms with E-state index in [0.29, 0.717) is 5.92 Å². The number of amides is 1. The Morgan fingerprint density at radius 3 is 2.48 bits per heavy atom. The standard InChI is InChI=1S/C17H20ClNOS/c1-12-10-17(13(2)21-12)16(8-9-19(3)11-20)14-4-6-15(18)7-5-14/h4-7,10-11,16H,8-9H2,1-3H3. The Morgan fingerprint density at radius 2 is 1.95 bits per heavy atom. The molecule has 0 fully saturated rings. The lowest BCUT2D eigenvalue weighted by molar-refractivity contribution is -0.117. The molecule has 2 rings (SSSR count). The molecule has 1 atom stereocenters. The van der Waals surface area contributed by atoms with Crippen LogP contribution in [-0.2, 0) is 4.79 Å². The topological polar surface area (TPSA) is 20.3 Å². The molecule has 4 heteroatoms. The van der Waals surface area contributed by atoms with E-state index >= 15 is 0 Å². The van der Waals surface area contributed by atoms with Crippen molar-refractivity contribution in [2.45, 2.75) is 26.2 Å². The Morgan fingerprint density at radius 1 is 1.29 bits per heavy atom. The summed E-state index contributed by atoms with van der Waals surface area (Å²) < 4.78 is 0. The van der Waals surface area contributed by atoms with Gasteiger partial charge in [-0.25, -0.2) is 0 Å². The van der Waals surface area contributed by atoms with Crippen LogP contribution >= 0.6 is 22.9 Å². The van der Waals surface area contributed by atoms with Gasteiger partial charge in [0.1, 0.15) is 0 Å². The van der Waals surface area contributed by atoms with Crippen molar-refractivity contribution in [2.24, 2.45) is 0 Å². The Bertz CT molecular complexity index is 606. The van der Waals surface area contributed by atoms with Gasteiger partial charge in [0.05, 0.1) is 0 Å². The minimum absolute atomic E-state index is 0.301. The van der Waals surface area contributed by atoms with Crippen LogP contribution in [0.1, 0.15) is 33.2 Å². The number of nitrogens with zero attached hydrogens (tertiary/aromatic N) is 1. The van der Waals surface area contributed by atoms with Crippen molar-refractivity contribution in [1.82, 2.24) is 4.90 Å². The number of halogens is 1. The molecular formula is C17H20ClNOS. The molecule has 0 N–H and O–H groups in total. The van der Waals surface area contributed by atoms with Gasteiger partial charge in [-0.2, -0.15) is 0 Å². The van der Waals surface area contributed by atoms with Crippen molar-refractivity contribution >= 4 is 29.3 Å². The molecule has 1 aromatic carbocycles.